The standard InChI is InChI=1S/C20H20N4O5/c1-3-10-29-15-9-8-12(11-16(15)28-2)18(25)22-24-20(27)17-13-6-4-5-7-14(13)19(26)23-21-17/h4-9,11H,3,10H2,1-2H3,(H,22,25)(H,23,26)(H,24,27). The topological polar surface area (TPSA) is 122 Å². The maximum atomic E-state index is 12.4. The van der Waals surface area contributed by atoms with Gasteiger partial charge in [0.25, 0.3) is 17.4 Å². The molecule has 9 nitrogen and oxygen atoms in total. The number of ether oxygens (including phenoxy) is 2. The summed E-state index contributed by atoms with van der Waals surface area (Å²) in [5.74, 6) is -0.280. The zero-order valence-corrected chi connectivity index (χ0v) is 15.9. The molecule has 3 rings (SSSR count). The predicted molar refractivity (Wildman–Crippen MR) is 106 cm³/mol. The number of H-pyrrole nitrogens is 1. The summed E-state index contributed by atoms with van der Waals surface area (Å²) in [6.07, 6.45) is 0.838. The number of fused-ring (bicyclic) bond motifs is 1. The summed E-state index contributed by atoms with van der Waals surface area (Å²) < 4.78 is 10.8. The third kappa shape index (κ3) is 4.34. The molecule has 0 unspecified atom stereocenters. The monoisotopic (exact) mass is 396 g/mol. The van der Waals surface area contributed by atoms with E-state index < -0.39 is 17.4 Å². The minimum absolute atomic E-state index is 0.0126. The Morgan fingerprint density at radius 2 is 1.76 bits per heavy atom. The fraction of sp³-hybridized carbons (Fsp3) is 0.200. The summed E-state index contributed by atoms with van der Waals surface area (Å²) in [5.41, 5.74) is 4.48. The first-order valence-electron chi connectivity index (χ1n) is 8.94. The number of rotatable bonds is 6. The van der Waals surface area contributed by atoms with Gasteiger partial charge in [-0.05, 0) is 30.7 Å². The number of methoxy groups -OCH3 is 1. The number of aromatic nitrogens is 2. The average Bonchev–Trinajstić information content (AvgIpc) is 2.76. The van der Waals surface area contributed by atoms with Crippen LogP contribution >= 0.6 is 0 Å². The van der Waals surface area contributed by atoms with E-state index in [1.165, 1.54) is 13.2 Å². The number of nitrogens with one attached hydrogen (secondary N) is 3. The van der Waals surface area contributed by atoms with Crippen molar-refractivity contribution in [1.29, 1.82) is 0 Å². The highest BCUT2D eigenvalue weighted by molar-refractivity contribution is 6.06. The molecular formula is C20H20N4O5. The van der Waals surface area contributed by atoms with E-state index in [1.54, 1.807) is 36.4 Å². The number of carbonyl (C=O) groups is 2. The predicted octanol–water partition coefficient (Wildman–Crippen LogP) is 1.80. The molecule has 2 amide bonds. The first-order chi connectivity index (χ1) is 14.0. The molecule has 0 aliphatic heterocycles. The molecule has 2 aromatic carbocycles. The van der Waals surface area contributed by atoms with Crippen molar-refractivity contribution in [3.63, 3.8) is 0 Å². The second-order valence-corrected chi connectivity index (χ2v) is 6.07. The Morgan fingerprint density at radius 3 is 2.48 bits per heavy atom. The van der Waals surface area contributed by atoms with Gasteiger partial charge in [0.15, 0.2) is 17.2 Å². The Hall–Kier alpha value is -3.88. The molecule has 0 fully saturated rings. The first-order valence-corrected chi connectivity index (χ1v) is 8.94. The third-order valence-corrected chi connectivity index (χ3v) is 4.09. The number of hydrogen-bond donors (Lipinski definition) is 3. The molecule has 1 heterocycles. The van der Waals surface area contributed by atoms with E-state index in [2.05, 4.69) is 21.0 Å². The highest BCUT2D eigenvalue weighted by Crippen LogP contribution is 2.28. The van der Waals surface area contributed by atoms with Crippen molar-refractivity contribution in [1.82, 2.24) is 21.0 Å². The van der Waals surface area contributed by atoms with Crippen LogP contribution in [0.3, 0.4) is 0 Å². The highest BCUT2D eigenvalue weighted by atomic mass is 16.5. The second kappa shape index (κ2) is 8.87. The number of aromatic amines is 1. The van der Waals surface area contributed by atoms with Crippen LogP contribution in [0.5, 0.6) is 11.5 Å². The molecule has 0 saturated carbocycles. The van der Waals surface area contributed by atoms with Gasteiger partial charge >= 0.3 is 0 Å². The molecule has 3 N–H and O–H groups in total. The second-order valence-electron chi connectivity index (χ2n) is 6.07. The molecule has 29 heavy (non-hydrogen) atoms. The smallest absolute Gasteiger partial charge is 0.290 e. The lowest BCUT2D eigenvalue weighted by Crippen LogP contribution is -2.42. The zero-order valence-electron chi connectivity index (χ0n) is 15.9. The molecule has 3 aromatic rings. The van der Waals surface area contributed by atoms with Gasteiger partial charge in [-0.3, -0.25) is 25.2 Å². The van der Waals surface area contributed by atoms with Crippen LogP contribution in [-0.2, 0) is 0 Å². The number of nitrogens with zero attached hydrogens (tertiary/aromatic N) is 1. The van der Waals surface area contributed by atoms with Gasteiger partial charge in [0, 0.05) is 10.9 Å². The van der Waals surface area contributed by atoms with Crippen LogP contribution in [0.15, 0.2) is 47.3 Å². The summed E-state index contributed by atoms with van der Waals surface area (Å²) in [6, 6.07) is 11.3. The Bertz CT molecular complexity index is 1110. The Morgan fingerprint density at radius 1 is 1.03 bits per heavy atom. The largest absolute Gasteiger partial charge is 0.493 e. The van der Waals surface area contributed by atoms with Crippen molar-refractivity contribution in [2.45, 2.75) is 13.3 Å². The van der Waals surface area contributed by atoms with Crippen molar-refractivity contribution in [2.24, 2.45) is 0 Å². The van der Waals surface area contributed by atoms with Crippen molar-refractivity contribution < 1.29 is 19.1 Å². The van der Waals surface area contributed by atoms with Gasteiger partial charge in [0.2, 0.25) is 0 Å². The van der Waals surface area contributed by atoms with Gasteiger partial charge in [0.05, 0.1) is 19.1 Å². The summed E-state index contributed by atoms with van der Waals surface area (Å²) in [6.45, 7) is 2.51. The molecule has 0 aliphatic carbocycles. The lowest BCUT2D eigenvalue weighted by Gasteiger charge is -2.12. The summed E-state index contributed by atoms with van der Waals surface area (Å²) in [5, 5.41) is 6.76. The minimum Gasteiger partial charge on any atom is -0.493 e. The van der Waals surface area contributed by atoms with E-state index in [-0.39, 0.29) is 11.3 Å². The van der Waals surface area contributed by atoms with Crippen LogP contribution in [0.4, 0.5) is 0 Å². The number of hydrogen-bond acceptors (Lipinski definition) is 6. The fourth-order valence-corrected chi connectivity index (χ4v) is 2.67. The zero-order chi connectivity index (χ0) is 20.8. The SMILES string of the molecule is CCCOc1ccc(C(=O)NNC(=O)c2n[nH]c(=O)c3ccccc23)cc1OC. The van der Waals surface area contributed by atoms with E-state index in [0.29, 0.717) is 28.9 Å². The van der Waals surface area contributed by atoms with Crippen LogP contribution in [-0.4, -0.2) is 35.7 Å². The van der Waals surface area contributed by atoms with Crippen LogP contribution < -0.4 is 25.9 Å². The van der Waals surface area contributed by atoms with Crippen LogP contribution in [0.1, 0.15) is 34.2 Å². The molecule has 1 aromatic heterocycles. The third-order valence-electron chi connectivity index (χ3n) is 4.09. The Labute approximate surface area is 166 Å². The molecule has 150 valence electrons. The molecule has 0 spiro atoms. The van der Waals surface area contributed by atoms with Gasteiger partial charge in [0.1, 0.15) is 0 Å². The first kappa shape index (κ1) is 19.9. The fourth-order valence-electron chi connectivity index (χ4n) is 2.67. The van der Waals surface area contributed by atoms with E-state index in [0.717, 1.165) is 6.42 Å². The average molecular weight is 396 g/mol. The molecule has 9 heteroatoms. The van der Waals surface area contributed by atoms with E-state index in [1.807, 2.05) is 6.92 Å². The molecule has 0 bridgehead atoms. The molecule has 0 aliphatic rings. The van der Waals surface area contributed by atoms with Crippen LogP contribution in [0.2, 0.25) is 0 Å². The number of benzene rings is 2. The maximum absolute atomic E-state index is 12.4. The van der Waals surface area contributed by atoms with E-state index >= 15 is 0 Å². The van der Waals surface area contributed by atoms with E-state index in [4.69, 9.17) is 9.47 Å². The van der Waals surface area contributed by atoms with Gasteiger partial charge in [-0.1, -0.05) is 25.1 Å². The lowest BCUT2D eigenvalue weighted by molar-refractivity contribution is 0.0844. The lowest BCUT2D eigenvalue weighted by atomic mass is 10.1. The molecule has 0 atom stereocenters. The molecule has 0 saturated heterocycles. The van der Waals surface area contributed by atoms with Crippen molar-refractivity contribution in [3.05, 3.63) is 64.1 Å². The number of amides is 2. The number of carbonyl (C=O) groups excluding carboxylic acids is 2. The minimum atomic E-state index is -0.666. The summed E-state index contributed by atoms with van der Waals surface area (Å²) in [7, 11) is 1.48. The van der Waals surface area contributed by atoms with Crippen molar-refractivity contribution >= 4 is 22.6 Å². The quantitative estimate of drug-likeness (QED) is 0.546. The maximum Gasteiger partial charge on any atom is 0.290 e. The molecular weight excluding hydrogens is 376 g/mol. The van der Waals surface area contributed by atoms with Gasteiger partial charge in [-0.15, -0.1) is 0 Å². The van der Waals surface area contributed by atoms with Gasteiger partial charge < -0.3 is 9.47 Å². The van der Waals surface area contributed by atoms with Crippen LogP contribution in [0, 0.1) is 0 Å². The summed E-state index contributed by atoms with van der Waals surface area (Å²) in [4.78, 5) is 36.7. The Balaban J connectivity index is 1.73. The summed E-state index contributed by atoms with van der Waals surface area (Å²) >= 11 is 0. The van der Waals surface area contributed by atoms with Crippen LogP contribution in [0.25, 0.3) is 10.8 Å². The highest BCUT2D eigenvalue weighted by Gasteiger charge is 2.16. The normalized spacial score (nSPS) is 10.4. The van der Waals surface area contributed by atoms with Gasteiger partial charge in [-0.25, -0.2) is 5.10 Å². The van der Waals surface area contributed by atoms with Crippen molar-refractivity contribution in [3.8, 4) is 11.5 Å². The Kier molecular flexibility index (Phi) is 6.08. The van der Waals surface area contributed by atoms with E-state index in [9.17, 15) is 14.4 Å². The molecule has 0 radical (unpaired) electrons. The number of hydrazine groups is 1. The van der Waals surface area contributed by atoms with Crippen molar-refractivity contribution in [2.75, 3.05) is 13.7 Å². The van der Waals surface area contributed by atoms with Gasteiger partial charge in [-0.2, -0.15) is 5.10 Å².